The van der Waals surface area contributed by atoms with Crippen molar-refractivity contribution in [1.82, 2.24) is 10.2 Å². The van der Waals surface area contributed by atoms with Gasteiger partial charge in [0.2, 0.25) is 5.91 Å². The van der Waals surface area contributed by atoms with Crippen molar-refractivity contribution in [3.05, 3.63) is 58.1 Å². The summed E-state index contributed by atoms with van der Waals surface area (Å²) in [7, 11) is 1.57. The fourth-order valence-electron chi connectivity index (χ4n) is 2.97. The summed E-state index contributed by atoms with van der Waals surface area (Å²) in [6.45, 7) is 4.00. The van der Waals surface area contributed by atoms with E-state index in [9.17, 15) is 9.59 Å². The van der Waals surface area contributed by atoms with E-state index in [1.807, 2.05) is 13.8 Å². The Kier molecular flexibility index (Phi) is 9.27. The van der Waals surface area contributed by atoms with Crippen molar-refractivity contribution in [2.24, 2.45) is 0 Å². The van der Waals surface area contributed by atoms with Crippen LogP contribution in [0.25, 0.3) is 0 Å². The van der Waals surface area contributed by atoms with Crippen LogP contribution >= 0.6 is 23.2 Å². The summed E-state index contributed by atoms with van der Waals surface area (Å²) in [5.74, 6) is 0.623. The predicted octanol–water partition coefficient (Wildman–Crippen LogP) is 4.32. The second-order valence-electron chi connectivity index (χ2n) is 6.50. The van der Waals surface area contributed by atoms with Gasteiger partial charge in [0.25, 0.3) is 5.91 Å². The Bertz CT molecular complexity index is 838. The van der Waals surface area contributed by atoms with Crippen LogP contribution in [0.5, 0.6) is 11.5 Å². The average molecular weight is 453 g/mol. The molecule has 2 aromatic carbocycles. The van der Waals surface area contributed by atoms with Gasteiger partial charge >= 0.3 is 0 Å². The first-order valence-electron chi connectivity index (χ1n) is 9.68. The fourth-order valence-corrected chi connectivity index (χ4v) is 3.48. The molecule has 0 fully saturated rings. The van der Waals surface area contributed by atoms with E-state index in [2.05, 4.69) is 5.32 Å². The van der Waals surface area contributed by atoms with E-state index in [1.165, 1.54) is 4.90 Å². The second-order valence-corrected chi connectivity index (χ2v) is 7.32. The predicted molar refractivity (Wildman–Crippen MR) is 118 cm³/mol. The third kappa shape index (κ3) is 6.28. The molecule has 1 N–H and O–H groups in total. The number of nitrogens with zero attached hydrogens (tertiary/aromatic N) is 1. The molecule has 0 saturated heterocycles. The highest BCUT2D eigenvalue weighted by Gasteiger charge is 2.29. The maximum absolute atomic E-state index is 13.1. The topological polar surface area (TPSA) is 67.9 Å². The second kappa shape index (κ2) is 11.7. The van der Waals surface area contributed by atoms with Crippen molar-refractivity contribution in [3.63, 3.8) is 0 Å². The van der Waals surface area contributed by atoms with Gasteiger partial charge in [0, 0.05) is 28.7 Å². The largest absolute Gasteiger partial charge is 0.497 e. The Morgan fingerprint density at radius 3 is 2.17 bits per heavy atom. The van der Waals surface area contributed by atoms with Gasteiger partial charge in [-0.05, 0) is 49.7 Å². The molecule has 0 aliphatic rings. The Morgan fingerprint density at radius 2 is 1.63 bits per heavy atom. The van der Waals surface area contributed by atoms with Gasteiger partial charge < -0.3 is 19.7 Å². The minimum absolute atomic E-state index is 0.0962. The molecule has 1 atom stereocenters. The van der Waals surface area contributed by atoms with Gasteiger partial charge in [-0.15, -0.1) is 0 Å². The van der Waals surface area contributed by atoms with Crippen molar-refractivity contribution in [1.29, 1.82) is 0 Å². The molecule has 0 aliphatic carbocycles. The molecule has 0 saturated carbocycles. The van der Waals surface area contributed by atoms with E-state index in [0.717, 1.165) is 0 Å². The number of likely N-dealkylation sites (N-methyl/N-ethyl adjacent to an activating group) is 1. The van der Waals surface area contributed by atoms with Crippen LogP contribution in [-0.2, 0) is 16.1 Å². The molecule has 30 heavy (non-hydrogen) atoms. The van der Waals surface area contributed by atoms with Crippen molar-refractivity contribution >= 4 is 35.0 Å². The molecule has 1 unspecified atom stereocenters. The number of amides is 2. The minimum Gasteiger partial charge on any atom is -0.497 e. The molecule has 8 heteroatoms. The van der Waals surface area contributed by atoms with Crippen molar-refractivity contribution < 1.29 is 19.1 Å². The lowest BCUT2D eigenvalue weighted by Gasteiger charge is -2.31. The summed E-state index contributed by atoms with van der Waals surface area (Å²) in [5.41, 5.74) is 0.585. The van der Waals surface area contributed by atoms with Crippen LogP contribution in [0.15, 0.2) is 42.5 Å². The first-order chi connectivity index (χ1) is 14.4. The molecule has 0 radical (unpaired) electrons. The fraction of sp³-hybridized carbons (Fsp3) is 0.364. The van der Waals surface area contributed by atoms with E-state index >= 15 is 0 Å². The van der Waals surface area contributed by atoms with E-state index in [4.69, 9.17) is 32.7 Å². The molecule has 0 heterocycles. The van der Waals surface area contributed by atoms with Crippen molar-refractivity contribution in [2.45, 2.75) is 32.9 Å². The molecule has 0 aliphatic heterocycles. The van der Waals surface area contributed by atoms with Crippen LogP contribution in [0.2, 0.25) is 10.0 Å². The van der Waals surface area contributed by atoms with Crippen LogP contribution in [0.3, 0.4) is 0 Å². The monoisotopic (exact) mass is 452 g/mol. The number of carbonyl (C=O) groups is 2. The molecule has 2 aromatic rings. The number of hydrogen-bond donors (Lipinski definition) is 1. The number of hydrogen-bond acceptors (Lipinski definition) is 4. The van der Waals surface area contributed by atoms with E-state index < -0.39 is 6.04 Å². The maximum Gasteiger partial charge on any atom is 0.261 e. The zero-order valence-electron chi connectivity index (χ0n) is 17.3. The van der Waals surface area contributed by atoms with Gasteiger partial charge in [-0.3, -0.25) is 9.59 Å². The lowest BCUT2D eigenvalue weighted by Crippen LogP contribution is -2.50. The van der Waals surface area contributed by atoms with E-state index in [-0.39, 0.29) is 25.0 Å². The molecular formula is C22H26Cl2N2O4. The normalized spacial score (nSPS) is 11.5. The summed E-state index contributed by atoms with van der Waals surface area (Å²) in [6.07, 6.45) is 0.433. The van der Waals surface area contributed by atoms with Gasteiger partial charge in [-0.25, -0.2) is 0 Å². The standard InChI is InChI=1S/C22H26Cl2N2O4/c1-4-20(22(28)25-5-2)26(13-17-18(23)7-6-8-19(17)24)21(27)14-30-16-11-9-15(29-3)10-12-16/h6-12,20H,4-5,13-14H2,1-3H3,(H,25,28). The maximum atomic E-state index is 13.1. The first kappa shape index (κ1) is 23.8. The smallest absolute Gasteiger partial charge is 0.261 e. The summed E-state index contributed by atoms with van der Waals surface area (Å²) in [4.78, 5) is 27.1. The number of benzene rings is 2. The number of carbonyl (C=O) groups excluding carboxylic acids is 2. The molecular weight excluding hydrogens is 427 g/mol. The Morgan fingerprint density at radius 1 is 1.03 bits per heavy atom. The molecule has 6 nitrogen and oxygen atoms in total. The highest BCUT2D eigenvalue weighted by molar-refractivity contribution is 6.36. The van der Waals surface area contributed by atoms with Crippen LogP contribution in [0.1, 0.15) is 25.8 Å². The van der Waals surface area contributed by atoms with Crippen LogP contribution in [-0.4, -0.2) is 43.0 Å². The number of halogens is 2. The van der Waals surface area contributed by atoms with Gasteiger partial charge in [0.15, 0.2) is 6.61 Å². The zero-order valence-corrected chi connectivity index (χ0v) is 18.8. The zero-order chi connectivity index (χ0) is 22.1. The Labute approximate surface area is 187 Å². The van der Waals surface area contributed by atoms with Crippen LogP contribution in [0.4, 0.5) is 0 Å². The summed E-state index contributed by atoms with van der Waals surface area (Å²) < 4.78 is 10.8. The Hall–Kier alpha value is -2.44. The highest BCUT2D eigenvalue weighted by atomic mass is 35.5. The number of ether oxygens (including phenoxy) is 2. The third-order valence-corrected chi connectivity index (χ3v) is 5.26. The van der Waals surface area contributed by atoms with Gasteiger partial charge in [-0.1, -0.05) is 36.2 Å². The average Bonchev–Trinajstić information content (AvgIpc) is 2.74. The van der Waals surface area contributed by atoms with Crippen LogP contribution in [0, 0.1) is 0 Å². The number of methoxy groups -OCH3 is 1. The summed E-state index contributed by atoms with van der Waals surface area (Å²) in [5, 5.41) is 3.64. The summed E-state index contributed by atoms with van der Waals surface area (Å²) in [6, 6.07) is 11.4. The third-order valence-electron chi connectivity index (χ3n) is 4.55. The first-order valence-corrected chi connectivity index (χ1v) is 10.4. The van der Waals surface area contributed by atoms with Crippen molar-refractivity contribution in [2.75, 3.05) is 20.3 Å². The van der Waals surface area contributed by atoms with Gasteiger partial charge in [0.05, 0.1) is 7.11 Å². The lowest BCUT2D eigenvalue weighted by atomic mass is 10.1. The molecule has 0 spiro atoms. The molecule has 162 valence electrons. The minimum atomic E-state index is -0.677. The number of nitrogens with one attached hydrogen (secondary N) is 1. The van der Waals surface area contributed by atoms with E-state index in [1.54, 1.807) is 49.6 Å². The van der Waals surface area contributed by atoms with Crippen molar-refractivity contribution in [3.8, 4) is 11.5 Å². The lowest BCUT2D eigenvalue weighted by molar-refractivity contribution is -0.142. The molecule has 2 amide bonds. The van der Waals surface area contributed by atoms with Gasteiger partial charge in [-0.2, -0.15) is 0 Å². The van der Waals surface area contributed by atoms with E-state index in [0.29, 0.717) is 40.1 Å². The van der Waals surface area contributed by atoms with Crippen LogP contribution < -0.4 is 14.8 Å². The Balaban J connectivity index is 2.24. The quantitative estimate of drug-likeness (QED) is 0.582. The summed E-state index contributed by atoms with van der Waals surface area (Å²) >= 11 is 12.6. The SMILES string of the molecule is CCNC(=O)C(CC)N(Cc1c(Cl)cccc1Cl)C(=O)COc1ccc(OC)cc1. The molecule has 0 bridgehead atoms. The molecule has 0 aromatic heterocycles. The highest BCUT2D eigenvalue weighted by Crippen LogP contribution is 2.27. The number of rotatable bonds is 10. The van der Waals surface area contributed by atoms with Gasteiger partial charge in [0.1, 0.15) is 17.5 Å². The molecule has 2 rings (SSSR count).